The van der Waals surface area contributed by atoms with Crippen LogP contribution >= 0.6 is 0 Å². The largest absolute Gasteiger partial charge is 0.340 e. The van der Waals surface area contributed by atoms with Crippen LogP contribution in [0.5, 0.6) is 0 Å². The number of benzene rings is 1. The molecule has 1 aliphatic carbocycles. The predicted molar refractivity (Wildman–Crippen MR) is 88.1 cm³/mol. The van der Waals surface area contributed by atoms with Crippen LogP contribution in [0.15, 0.2) is 41.2 Å². The van der Waals surface area contributed by atoms with Crippen LogP contribution in [0.3, 0.4) is 0 Å². The number of hydrogen-bond donors (Lipinski definition) is 0. The fourth-order valence-electron chi connectivity index (χ4n) is 3.05. The molecule has 0 bridgehead atoms. The zero-order valence-electron chi connectivity index (χ0n) is 13.5. The molecule has 0 aliphatic heterocycles. The number of aryl methyl sites for hydroxylation is 2. The molecule has 0 N–H and O–H groups in total. The Labute approximate surface area is 135 Å². The van der Waals surface area contributed by atoms with Crippen molar-refractivity contribution in [3.05, 3.63) is 63.6 Å². The van der Waals surface area contributed by atoms with Crippen molar-refractivity contribution in [2.45, 2.75) is 38.8 Å². The van der Waals surface area contributed by atoms with Gasteiger partial charge in [0.25, 0.3) is 5.56 Å². The van der Waals surface area contributed by atoms with Crippen LogP contribution in [-0.2, 0) is 24.2 Å². The third kappa shape index (κ3) is 3.18. The molecule has 3 rings (SSSR count). The van der Waals surface area contributed by atoms with Crippen molar-refractivity contribution in [1.82, 2.24) is 14.7 Å². The van der Waals surface area contributed by atoms with E-state index in [4.69, 9.17) is 0 Å². The Morgan fingerprint density at radius 1 is 1.30 bits per heavy atom. The second kappa shape index (κ2) is 6.36. The Balaban J connectivity index is 1.78. The number of fused-ring (bicyclic) bond motifs is 1. The van der Waals surface area contributed by atoms with Crippen LogP contribution in [0, 0.1) is 0 Å². The molecule has 23 heavy (non-hydrogen) atoms. The molecule has 0 saturated carbocycles. The number of amides is 1. The van der Waals surface area contributed by atoms with E-state index in [0.29, 0.717) is 6.54 Å². The second-order valence-electron chi connectivity index (χ2n) is 6.11. The Kier molecular flexibility index (Phi) is 4.28. The summed E-state index contributed by atoms with van der Waals surface area (Å²) >= 11 is 0. The zero-order valence-corrected chi connectivity index (χ0v) is 13.5. The topological polar surface area (TPSA) is 55.2 Å². The van der Waals surface area contributed by atoms with E-state index in [9.17, 15) is 9.59 Å². The average Bonchev–Trinajstić information content (AvgIpc) is 3.00. The van der Waals surface area contributed by atoms with Gasteiger partial charge in [-0.05, 0) is 37.3 Å². The molecule has 0 spiro atoms. The molecule has 120 valence electrons. The predicted octanol–water partition coefficient (Wildman–Crippen LogP) is 1.95. The minimum absolute atomic E-state index is 0.110. The van der Waals surface area contributed by atoms with Crippen LogP contribution in [0.25, 0.3) is 0 Å². The van der Waals surface area contributed by atoms with Crippen molar-refractivity contribution < 1.29 is 4.79 Å². The highest BCUT2D eigenvalue weighted by molar-refractivity contribution is 5.79. The molecule has 0 fully saturated rings. The molecule has 0 saturated heterocycles. The Morgan fingerprint density at radius 2 is 2.04 bits per heavy atom. The first-order chi connectivity index (χ1) is 11.1. The maximum absolute atomic E-state index is 12.6. The molecule has 1 amide bonds. The number of aromatic nitrogens is 2. The van der Waals surface area contributed by atoms with E-state index in [1.165, 1.54) is 4.68 Å². The lowest BCUT2D eigenvalue weighted by molar-refractivity contribution is -0.133. The fraction of sp³-hybridized carbons (Fsp3) is 0.389. The maximum atomic E-state index is 12.6. The van der Waals surface area contributed by atoms with Crippen LogP contribution in [0.1, 0.15) is 36.2 Å². The SMILES string of the molecule is CC(C(=O)N(C)Cc1ccccc1)n1nc2c(cc1=O)CCC2. The highest BCUT2D eigenvalue weighted by Crippen LogP contribution is 2.18. The molecule has 5 nitrogen and oxygen atoms in total. The molecule has 1 aliphatic rings. The average molecular weight is 311 g/mol. The third-order valence-electron chi connectivity index (χ3n) is 4.35. The summed E-state index contributed by atoms with van der Waals surface area (Å²) in [5.41, 5.74) is 2.85. The molecule has 1 aromatic carbocycles. The maximum Gasteiger partial charge on any atom is 0.267 e. The van der Waals surface area contributed by atoms with Crippen molar-refractivity contribution in [3.63, 3.8) is 0 Å². The molecule has 1 heterocycles. The molecule has 5 heteroatoms. The van der Waals surface area contributed by atoms with Gasteiger partial charge in [0, 0.05) is 19.7 Å². The molecule has 2 aromatic rings. The minimum atomic E-state index is -0.595. The number of likely N-dealkylation sites (N-methyl/N-ethyl adjacent to an activating group) is 1. The Morgan fingerprint density at radius 3 is 2.78 bits per heavy atom. The van der Waals surface area contributed by atoms with Crippen molar-refractivity contribution >= 4 is 5.91 Å². The quantitative estimate of drug-likeness (QED) is 0.867. The molecule has 0 radical (unpaired) electrons. The Hall–Kier alpha value is -2.43. The van der Waals surface area contributed by atoms with Gasteiger partial charge in [0.15, 0.2) is 0 Å². The summed E-state index contributed by atoms with van der Waals surface area (Å²) in [5, 5.41) is 4.42. The third-order valence-corrected chi connectivity index (χ3v) is 4.35. The molecular weight excluding hydrogens is 290 g/mol. The molecule has 1 atom stereocenters. The number of nitrogens with zero attached hydrogens (tertiary/aromatic N) is 3. The van der Waals surface area contributed by atoms with Gasteiger partial charge in [-0.25, -0.2) is 4.68 Å². The number of rotatable bonds is 4. The lowest BCUT2D eigenvalue weighted by Gasteiger charge is -2.22. The van der Waals surface area contributed by atoms with Crippen molar-refractivity contribution in [2.24, 2.45) is 0 Å². The smallest absolute Gasteiger partial charge is 0.267 e. The van der Waals surface area contributed by atoms with Crippen molar-refractivity contribution in [3.8, 4) is 0 Å². The monoisotopic (exact) mass is 311 g/mol. The van der Waals surface area contributed by atoms with Gasteiger partial charge in [0.05, 0.1) is 5.69 Å². The van der Waals surface area contributed by atoms with E-state index in [2.05, 4.69) is 5.10 Å². The van der Waals surface area contributed by atoms with E-state index >= 15 is 0 Å². The first-order valence-electron chi connectivity index (χ1n) is 7.97. The van der Waals surface area contributed by atoms with E-state index in [1.54, 1.807) is 24.9 Å². The number of carbonyl (C=O) groups is 1. The summed E-state index contributed by atoms with van der Waals surface area (Å²) in [7, 11) is 1.75. The van der Waals surface area contributed by atoms with E-state index < -0.39 is 6.04 Å². The summed E-state index contributed by atoms with van der Waals surface area (Å²) in [4.78, 5) is 26.5. The number of hydrogen-bond acceptors (Lipinski definition) is 3. The minimum Gasteiger partial charge on any atom is -0.340 e. The summed E-state index contributed by atoms with van der Waals surface area (Å²) in [6.07, 6.45) is 2.83. The van der Waals surface area contributed by atoms with Gasteiger partial charge in [-0.15, -0.1) is 0 Å². The van der Waals surface area contributed by atoms with Crippen LogP contribution in [0.2, 0.25) is 0 Å². The highest BCUT2D eigenvalue weighted by atomic mass is 16.2. The highest BCUT2D eigenvalue weighted by Gasteiger charge is 2.23. The van der Waals surface area contributed by atoms with E-state index in [-0.39, 0.29) is 11.5 Å². The van der Waals surface area contributed by atoms with Gasteiger partial charge < -0.3 is 4.90 Å². The van der Waals surface area contributed by atoms with Crippen LogP contribution in [0.4, 0.5) is 0 Å². The van der Waals surface area contributed by atoms with Gasteiger partial charge in [-0.1, -0.05) is 30.3 Å². The summed E-state index contributed by atoms with van der Waals surface area (Å²) < 4.78 is 1.33. The number of carbonyl (C=O) groups excluding carboxylic acids is 1. The first-order valence-corrected chi connectivity index (χ1v) is 7.97. The van der Waals surface area contributed by atoms with Gasteiger partial charge in [0.2, 0.25) is 5.91 Å². The van der Waals surface area contributed by atoms with E-state index in [1.807, 2.05) is 30.3 Å². The lowest BCUT2D eigenvalue weighted by Crippen LogP contribution is -2.38. The van der Waals surface area contributed by atoms with Gasteiger partial charge in [-0.2, -0.15) is 5.10 Å². The standard InChI is InChI=1S/C18H21N3O2/c1-13(18(23)20(2)12-14-7-4-3-5-8-14)21-17(22)11-15-9-6-10-16(15)19-21/h3-5,7-8,11,13H,6,9-10,12H2,1-2H3. The van der Waals surface area contributed by atoms with Gasteiger partial charge in [0.1, 0.15) is 6.04 Å². The second-order valence-corrected chi connectivity index (χ2v) is 6.11. The van der Waals surface area contributed by atoms with Crippen LogP contribution in [-0.4, -0.2) is 27.6 Å². The summed E-state index contributed by atoms with van der Waals surface area (Å²) in [6, 6.07) is 10.8. The zero-order chi connectivity index (χ0) is 16.4. The van der Waals surface area contributed by atoms with Crippen molar-refractivity contribution in [2.75, 3.05) is 7.05 Å². The summed E-state index contributed by atoms with van der Waals surface area (Å²) in [5.74, 6) is -0.110. The van der Waals surface area contributed by atoms with Crippen LogP contribution < -0.4 is 5.56 Å². The summed E-state index contributed by atoms with van der Waals surface area (Å²) in [6.45, 7) is 2.25. The van der Waals surface area contributed by atoms with Gasteiger partial charge >= 0.3 is 0 Å². The molecular formula is C18H21N3O2. The lowest BCUT2D eigenvalue weighted by atomic mass is 10.2. The van der Waals surface area contributed by atoms with Gasteiger partial charge in [-0.3, -0.25) is 9.59 Å². The first kappa shape index (κ1) is 15.5. The molecule has 1 aromatic heterocycles. The van der Waals surface area contributed by atoms with Crippen molar-refractivity contribution in [1.29, 1.82) is 0 Å². The normalized spacial score (nSPS) is 14.3. The van der Waals surface area contributed by atoms with E-state index in [0.717, 1.165) is 36.1 Å². The Bertz CT molecular complexity index is 768. The fourth-order valence-corrected chi connectivity index (χ4v) is 3.05. The molecule has 1 unspecified atom stereocenters.